The van der Waals surface area contributed by atoms with Crippen LogP contribution in [0.2, 0.25) is 0 Å². The molecule has 0 saturated carbocycles. The molecular weight excluding hydrogens is 309 g/mol. The van der Waals surface area contributed by atoms with E-state index in [0.717, 1.165) is 19.6 Å². The maximum absolute atomic E-state index is 12.1. The second-order valence-electron chi connectivity index (χ2n) is 5.36. The van der Waals surface area contributed by atoms with Crippen molar-refractivity contribution in [3.63, 3.8) is 0 Å². The lowest BCUT2D eigenvalue weighted by Gasteiger charge is -2.29. The van der Waals surface area contributed by atoms with Crippen molar-refractivity contribution in [2.24, 2.45) is 0 Å². The van der Waals surface area contributed by atoms with Crippen LogP contribution >= 0.6 is 24.8 Å². The van der Waals surface area contributed by atoms with Gasteiger partial charge in [0.05, 0.1) is 0 Å². The maximum Gasteiger partial charge on any atom is 0.251 e. The van der Waals surface area contributed by atoms with Gasteiger partial charge >= 0.3 is 0 Å². The molecule has 6 heteroatoms. The Bertz CT molecular complexity index is 437. The molecule has 120 valence electrons. The third kappa shape index (κ3) is 6.55. The average molecular weight is 334 g/mol. The number of amides is 1. The Morgan fingerprint density at radius 2 is 1.95 bits per heavy atom. The van der Waals surface area contributed by atoms with Crippen molar-refractivity contribution in [1.29, 1.82) is 0 Å². The van der Waals surface area contributed by atoms with Crippen LogP contribution in [0.4, 0.5) is 5.69 Å². The van der Waals surface area contributed by atoms with Gasteiger partial charge in [-0.3, -0.25) is 4.79 Å². The second kappa shape index (κ2) is 9.87. The van der Waals surface area contributed by atoms with Gasteiger partial charge in [0, 0.05) is 23.8 Å². The van der Waals surface area contributed by atoms with Gasteiger partial charge in [0.2, 0.25) is 0 Å². The Balaban J connectivity index is 0.00000200. The maximum atomic E-state index is 12.1. The zero-order valence-corrected chi connectivity index (χ0v) is 14.0. The van der Waals surface area contributed by atoms with Crippen molar-refractivity contribution in [3.8, 4) is 0 Å². The molecule has 1 aromatic rings. The van der Waals surface area contributed by atoms with E-state index in [0.29, 0.717) is 11.3 Å². The van der Waals surface area contributed by atoms with Gasteiger partial charge in [-0.1, -0.05) is 12.5 Å². The van der Waals surface area contributed by atoms with E-state index in [2.05, 4.69) is 17.1 Å². The third-order valence-corrected chi connectivity index (χ3v) is 3.51. The first-order valence-electron chi connectivity index (χ1n) is 7.04. The van der Waals surface area contributed by atoms with Gasteiger partial charge in [-0.25, -0.2) is 0 Å². The monoisotopic (exact) mass is 333 g/mol. The Labute approximate surface area is 139 Å². The average Bonchev–Trinajstić information content (AvgIpc) is 2.39. The minimum absolute atomic E-state index is 0. The number of carbonyl (C=O) groups is 1. The number of halogens is 2. The predicted octanol–water partition coefficient (Wildman–Crippen LogP) is 2.72. The molecule has 4 nitrogen and oxygen atoms in total. The zero-order valence-electron chi connectivity index (χ0n) is 12.4. The molecule has 1 aromatic carbocycles. The molecule has 0 bridgehead atoms. The Hall–Kier alpha value is -0.970. The molecule has 1 aliphatic heterocycles. The molecule has 1 amide bonds. The Morgan fingerprint density at radius 3 is 2.57 bits per heavy atom. The van der Waals surface area contributed by atoms with Crippen LogP contribution in [0.25, 0.3) is 0 Å². The summed E-state index contributed by atoms with van der Waals surface area (Å²) in [6.45, 7) is 5.28. The van der Waals surface area contributed by atoms with E-state index in [1.807, 2.05) is 0 Å². The zero-order chi connectivity index (χ0) is 13.7. The Morgan fingerprint density at radius 1 is 1.29 bits per heavy atom. The summed E-state index contributed by atoms with van der Waals surface area (Å²) in [7, 11) is 0. The van der Waals surface area contributed by atoms with E-state index in [9.17, 15) is 4.79 Å². The van der Waals surface area contributed by atoms with Crippen LogP contribution in [-0.4, -0.2) is 36.5 Å². The fourth-order valence-electron chi connectivity index (χ4n) is 2.56. The lowest BCUT2D eigenvalue weighted by Crippen LogP contribution is -2.43. The molecular formula is C15H25Cl2N3O. The van der Waals surface area contributed by atoms with E-state index in [1.165, 1.54) is 19.3 Å². The van der Waals surface area contributed by atoms with Crippen molar-refractivity contribution >= 4 is 36.4 Å². The summed E-state index contributed by atoms with van der Waals surface area (Å²) < 4.78 is 0. The van der Waals surface area contributed by atoms with Gasteiger partial charge in [0.25, 0.3) is 5.91 Å². The Kier molecular flexibility index (Phi) is 9.42. The smallest absolute Gasteiger partial charge is 0.251 e. The highest BCUT2D eigenvalue weighted by molar-refractivity contribution is 5.95. The summed E-state index contributed by atoms with van der Waals surface area (Å²) >= 11 is 0. The number of nitrogen functional groups attached to an aromatic ring is 1. The van der Waals surface area contributed by atoms with Crippen LogP contribution in [0.15, 0.2) is 24.3 Å². The van der Waals surface area contributed by atoms with Gasteiger partial charge in [-0.05, 0) is 51.1 Å². The largest absolute Gasteiger partial charge is 0.399 e. The molecule has 1 unspecified atom stereocenters. The number of carbonyl (C=O) groups excluding carboxylic acids is 1. The number of piperidine rings is 1. The van der Waals surface area contributed by atoms with Crippen LogP contribution in [0.3, 0.4) is 0 Å². The quantitative estimate of drug-likeness (QED) is 0.833. The van der Waals surface area contributed by atoms with Crippen molar-refractivity contribution in [3.05, 3.63) is 29.8 Å². The van der Waals surface area contributed by atoms with Crippen molar-refractivity contribution in [2.75, 3.05) is 25.4 Å². The first-order valence-corrected chi connectivity index (χ1v) is 7.04. The van der Waals surface area contributed by atoms with Crippen LogP contribution in [-0.2, 0) is 0 Å². The van der Waals surface area contributed by atoms with E-state index in [4.69, 9.17) is 5.73 Å². The van der Waals surface area contributed by atoms with Crippen LogP contribution in [0.5, 0.6) is 0 Å². The number of likely N-dealkylation sites (tertiary alicyclic amines) is 1. The summed E-state index contributed by atoms with van der Waals surface area (Å²) in [5, 5.41) is 3.03. The van der Waals surface area contributed by atoms with Gasteiger partial charge < -0.3 is 16.0 Å². The first kappa shape index (κ1) is 20.0. The van der Waals surface area contributed by atoms with E-state index in [1.54, 1.807) is 24.3 Å². The first-order chi connectivity index (χ1) is 9.15. The number of nitrogens with one attached hydrogen (secondary N) is 1. The summed E-state index contributed by atoms with van der Waals surface area (Å²) in [6.07, 6.45) is 3.88. The van der Waals surface area contributed by atoms with Crippen molar-refractivity contribution < 1.29 is 4.79 Å². The minimum atomic E-state index is -0.0446. The van der Waals surface area contributed by atoms with Gasteiger partial charge in [-0.2, -0.15) is 0 Å². The van der Waals surface area contributed by atoms with Gasteiger partial charge in [0.1, 0.15) is 0 Å². The fraction of sp³-hybridized carbons (Fsp3) is 0.533. The number of rotatable bonds is 4. The SMILES string of the molecule is CC(CN1CCCCC1)NC(=O)c1cccc(N)c1.Cl.Cl. The van der Waals surface area contributed by atoms with Crippen molar-refractivity contribution in [1.82, 2.24) is 10.2 Å². The molecule has 0 radical (unpaired) electrons. The number of hydrogen-bond donors (Lipinski definition) is 2. The molecule has 0 aromatic heterocycles. The molecule has 2 rings (SSSR count). The van der Waals surface area contributed by atoms with Gasteiger partial charge in [-0.15, -0.1) is 24.8 Å². The van der Waals surface area contributed by atoms with E-state index >= 15 is 0 Å². The molecule has 0 aliphatic carbocycles. The van der Waals surface area contributed by atoms with Gasteiger partial charge in [0.15, 0.2) is 0 Å². The normalized spacial score (nSPS) is 16.2. The molecule has 21 heavy (non-hydrogen) atoms. The number of benzene rings is 1. The minimum Gasteiger partial charge on any atom is -0.399 e. The second-order valence-corrected chi connectivity index (χ2v) is 5.36. The molecule has 1 fully saturated rings. The molecule has 1 saturated heterocycles. The summed E-state index contributed by atoms with van der Waals surface area (Å²) in [6, 6.07) is 7.25. The van der Waals surface area contributed by atoms with E-state index in [-0.39, 0.29) is 36.8 Å². The standard InChI is InChI=1S/C15H23N3O.2ClH/c1-12(11-18-8-3-2-4-9-18)17-15(19)13-6-5-7-14(16)10-13;;/h5-7,10,12H,2-4,8-9,11,16H2,1H3,(H,17,19);2*1H. The topological polar surface area (TPSA) is 58.4 Å². The van der Waals surface area contributed by atoms with Crippen molar-refractivity contribution in [2.45, 2.75) is 32.2 Å². The van der Waals surface area contributed by atoms with E-state index < -0.39 is 0 Å². The highest BCUT2D eigenvalue weighted by Gasteiger charge is 2.15. The highest BCUT2D eigenvalue weighted by Crippen LogP contribution is 2.10. The highest BCUT2D eigenvalue weighted by atomic mass is 35.5. The summed E-state index contributed by atoms with van der Waals surface area (Å²) in [4.78, 5) is 14.5. The van der Waals surface area contributed by atoms with Crippen LogP contribution in [0, 0.1) is 0 Å². The number of nitrogens with zero attached hydrogens (tertiary/aromatic N) is 1. The number of hydrogen-bond acceptors (Lipinski definition) is 3. The molecule has 1 heterocycles. The molecule has 3 N–H and O–H groups in total. The lowest BCUT2D eigenvalue weighted by molar-refractivity contribution is 0.0925. The summed E-state index contributed by atoms with van der Waals surface area (Å²) in [5.74, 6) is -0.0446. The molecule has 1 atom stereocenters. The summed E-state index contributed by atoms with van der Waals surface area (Å²) in [5.41, 5.74) is 6.94. The molecule has 1 aliphatic rings. The van der Waals surface area contributed by atoms with Crippen LogP contribution < -0.4 is 11.1 Å². The van der Waals surface area contributed by atoms with Crippen LogP contribution in [0.1, 0.15) is 36.5 Å². The number of nitrogens with two attached hydrogens (primary N) is 1. The molecule has 0 spiro atoms. The number of anilines is 1. The predicted molar refractivity (Wildman–Crippen MR) is 92.6 cm³/mol. The lowest BCUT2D eigenvalue weighted by atomic mass is 10.1. The third-order valence-electron chi connectivity index (χ3n) is 3.51. The fourth-order valence-corrected chi connectivity index (χ4v) is 2.56.